The summed E-state index contributed by atoms with van der Waals surface area (Å²) in [4.78, 5) is 38.0. The Bertz CT molecular complexity index is 997. The van der Waals surface area contributed by atoms with E-state index < -0.39 is 6.10 Å². The number of hydrogen-bond donors (Lipinski definition) is 0. The van der Waals surface area contributed by atoms with E-state index >= 15 is 0 Å². The zero-order valence-electron chi connectivity index (χ0n) is 44.6. The van der Waals surface area contributed by atoms with Gasteiger partial charge in [0.2, 0.25) is 0 Å². The number of carbonyl (C=O) groups excluding carboxylic acids is 3. The predicted molar refractivity (Wildman–Crippen MR) is 280 cm³/mol. The van der Waals surface area contributed by atoms with Crippen LogP contribution >= 0.6 is 0 Å². The Morgan fingerprint density at radius 2 is 0.538 bits per heavy atom. The minimum absolute atomic E-state index is 0.0631. The van der Waals surface area contributed by atoms with Gasteiger partial charge in [-0.05, 0) is 31.1 Å². The molecule has 0 aliphatic rings. The van der Waals surface area contributed by atoms with Crippen molar-refractivity contribution in [2.45, 2.75) is 336 Å². The fraction of sp³-hybridized carbons (Fsp3) is 0.949. The number of rotatable bonds is 53. The standard InChI is InChI=1S/C59H114O6/c1-6-9-10-11-32-39-44-49-57(60)63-52-56(65-59(62)51-46-41-36-31-27-23-19-18-21-25-29-34-38-43-48-55(5)8-3)53-64-58(61)50-45-40-35-30-26-22-17-15-13-12-14-16-20-24-28-33-37-42-47-54(4)7-2/h54-56H,6-53H2,1-5H3/t54?,55?,56-/m0/s1. The van der Waals surface area contributed by atoms with E-state index in [-0.39, 0.29) is 31.1 Å². The van der Waals surface area contributed by atoms with Crippen molar-refractivity contribution < 1.29 is 28.6 Å². The van der Waals surface area contributed by atoms with Gasteiger partial charge in [-0.3, -0.25) is 14.4 Å². The molecule has 0 aliphatic carbocycles. The van der Waals surface area contributed by atoms with Crippen LogP contribution in [0.2, 0.25) is 0 Å². The zero-order valence-corrected chi connectivity index (χ0v) is 44.6. The van der Waals surface area contributed by atoms with E-state index in [1.165, 1.54) is 218 Å². The van der Waals surface area contributed by atoms with Gasteiger partial charge in [-0.2, -0.15) is 0 Å². The highest BCUT2D eigenvalue weighted by Gasteiger charge is 2.19. The summed E-state index contributed by atoms with van der Waals surface area (Å²) < 4.78 is 16.8. The second-order valence-electron chi connectivity index (χ2n) is 20.8. The smallest absolute Gasteiger partial charge is 0.306 e. The van der Waals surface area contributed by atoms with Crippen LogP contribution in [-0.4, -0.2) is 37.2 Å². The molecule has 2 unspecified atom stereocenters. The molecule has 386 valence electrons. The lowest BCUT2D eigenvalue weighted by Crippen LogP contribution is -2.30. The van der Waals surface area contributed by atoms with Crippen LogP contribution in [-0.2, 0) is 28.6 Å². The summed E-state index contributed by atoms with van der Waals surface area (Å²) in [6.45, 7) is 11.5. The molecule has 6 nitrogen and oxygen atoms in total. The van der Waals surface area contributed by atoms with Gasteiger partial charge in [0.1, 0.15) is 13.2 Å². The SMILES string of the molecule is CCCCCCCCCC(=O)OC[C@@H](COC(=O)CCCCCCCCCCCCCCCCCCCCC(C)CC)OC(=O)CCCCCCCCCCCCCCCCC(C)CC. The van der Waals surface area contributed by atoms with Gasteiger partial charge in [-0.15, -0.1) is 0 Å². The first-order valence-electron chi connectivity index (χ1n) is 29.3. The number of ether oxygens (including phenoxy) is 3. The number of unbranched alkanes of at least 4 members (excludes halogenated alkanes) is 36. The monoisotopic (exact) mass is 919 g/mol. The van der Waals surface area contributed by atoms with Gasteiger partial charge in [-0.25, -0.2) is 0 Å². The molecule has 0 aromatic heterocycles. The van der Waals surface area contributed by atoms with E-state index in [1.807, 2.05) is 0 Å². The maximum atomic E-state index is 12.8. The summed E-state index contributed by atoms with van der Waals surface area (Å²) in [7, 11) is 0. The summed E-state index contributed by atoms with van der Waals surface area (Å²) in [5.74, 6) is 0.958. The van der Waals surface area contributed by atoms with E-state index in [2.05, 4.69) is 34.6 Å². The minimum atomic E-state index is -0.761. The summed E-state index contributed by atoms with van der Waals surface area (Å²) in [6, 6.07) is 0. The van der Waals surface area contributed by atoms with E-state index in [9.17, 15) is 14.4 Å². The van der Waals surface area contributed by atoms with Gasteiger partial charge in [-0.1, -0.05) is 291 Å². The molecule has 0 bridgehead atoms. The highest BCUT2D eigenvalue weighted by Crippen LogP contribution is 2.19. The Hall–Kier alpha value is -1.59. The molecule has 6 heteroatoms. The molecule has 0 fully saturated rings. The first-order valence-corrected chi connectivity index (χ1v) is 29.3. The van der Waals surface area contributed by atoms with Gasteiger partial charge in [0, 0.05) is 19.3 Å². The van der Waals surface area contributed by atoms with Gasteiger partial charge >= 0.3 is 17.9 Å². The van der Waals surface area contributed by atoms with Crippen molar-refractivity contribution in [3.05, 3.63) is 0 Å². The third kappa shape index (κ3) is 50.1. The van der Waals surface area contributed by atoms with Gasteiger partial charge in [0.05, 0.1) is 0 Å². The summed E-state index contributed by atoms with van der Waals surface area (Å²) in [5.41, 5.74) is 0. The van der Waals surface area contributed by atoms with Crippen LogP contribution in [0.15, 0.2) is 0 Å². The highest BCUT2D eigenvalue weighted by atomic mass is 16.6. The van der Waals surface area contributed by atoms with E-state index in [1.54, 1.807) is 0 Å². The fourth-order valence-corrected chi connectivity index (χ4v) is 8.99. The summed E-state index contributed by atoms with van der Waals surface area (Å²) in [5, 5.41) is 0. The first kappa shape index (κ1) is 63.4. The molecule has 0 heterocycles. The normalized spacial score (nSPS) is 12.9. The van der Waals surface area contributed by atoms with Gasteiger partial charge in [0.15, 0.2) is 6.10 Å². The predicted octanol–water partition coefficient (Wildman–Crippen LogP) is 19.3. The van der Waals surface area contributed by atoms with Crippen LogP contribution in [0.4, 0.5) is 0 Å². The molecule has 0 aliphatic heterocycles. The largest absolute Gasteiger partial charge is 0.462 e. The maximum Gasteiger partial charge on any atom is 0.306 e. The van der Waals surface area contributed by atoms with Crippen LogP contribution in [0.3, 0.4) is 0 Å². The van der Waals surface area contributed by atoms with Crippen LogP contribution in [0, 0.1) is 11.8 Å². The van der Waals surface area contributed by atoms with Crippen molar-refractivity contribution in [2.75, 3.05) is 13.2 Å². The second kappa shape index (κ2) is 51.8. The lowest BCUT2D eigenvalue weighted by Gasteiger charge is -2.18. The van der Waals surface area contributed by atoms with Crippen molar-refractivity contribution in [3.8, 4) is 0 Å². The molecule has 0 radical (unpaired) electrons. The number of carbonyl (C=O) groups is 3. The Morgan fingerprint density at radius 3 is 0.800 bits per heavy atom. The van der Waals surface area contributed by atoms with Crippen molar-refractivity contribution in [1.29, 1.82) is 0 Å². The third-order valence-electron chi connectivity index (χ3n) is 14.2. The molecule has 0 saturated carbocycles. The quantitative estimate of drug-likeness (QED) is 0.0344. The lowest BCUT2D eigenvalue weighted by atomic mass is 9.99. The van der Waals surface area contributed by atoms with Gasteiger partial charge < -0.3 is 14.2 Å². The van der Waals surface area contributed by atoms with Crippen molar-refractivity contribution >= 4 is 17.9 Å². The number of hydrogen-bond acceptors (Lipinski definition) is 6. The van der Waals surface area contributed by atoms with Crippen LogP contribution in [0.1, 0.15) is 330 Å². The molecule has 0 aromatic carbocycles. The molecule has 0 rings (SSSR count). The van der Waals surface area contributed by atoms with E-state index in [0.29, 0.717) is 19.3 Å². The van der Waals surface area contributed by atoms with Crippen LogP contribution in [0.5, 0.6) is 0 Å². The molecule has 0 N–H and O–H groups in total. The Kier molecular flexibility index (Phi) is 50.5. The topological polar surface area (TPSA) is 78.9 Å². The van der Waals surface area contributed by atoms with E-state index in [0.717, 1.165) is 69.6 Å². The molecular formula is C59H114O6. The zero-order chi connectivity index (χ0) is 47.5. The molecule has 0 amide bonds. The average molecular weight is 920 g/mol. The van der Waals surface area contributed by atoms with Crippen LogP contribution < -0.4 is 0 Å². The molecule has 3 atom stereocenters. The second-order valence-corrected chi connectivity index (χ2v) is 20.8. The first-order chi connectivity index (χ1) is 31.8. The summed E-state index contributed by atoms with van der Waals surface area (Å²) in [6.07, 6.45) is 55.3. The Balaban J connectivity index is 4.12. The summed E-state index contributed by atoms with van der Waals surface area (Å²) >= 11 is 0. The lowest BCUT2D eigenvalue weighted by molar-refractivity contribution is -0.167. The average Bonchev–Trinajstić information content (AvgIpc) is 3.30. The third-order valence-corrected chi connectivity index (χ3v) is 14.2. The number of esters is 3. The molecule has 0 aromatic rings. The maximum absolute atomic E-state index is 12.8. The highest BCUT2D eigenvalue weighted by molar-refractivity contribution is 5.71. The molecule has 0 spiro atoms. The molecule has 0 saturated heterocycles. The van der Waals surface area contributed by atoms with E-state index in [4.69, 9.17) is 14.2 Å². The fourth-order valence-electron chi connectivity index (χ4n) is 8.99. The minimum Gasteiger partial charge on any atom is -0.462 e. The van der Waals surface area contributed by atoms with Crippen LogP contribution in [0.25, 0.3) is 0 Å². The van der Waals surface area contributed by atoms with Gasteiger partial charge in [0.25, 0.3) is 0 Å². The van der Waals surface area contributed by atoms with Crippen molar-refractivity contribution in [1.82, 2.24) is 0 Å². The Labute approximate surface area is 406 Å². The molecule has 65 heavy (non-hydrogen) atoms. The van der Waals surface area contributed by atoms with Crippen molar-refractivity contribution in [2.24, 2.45) is 11.8 Å². The molecular weight excluding hydrogens is 805 g/mol. The Morgan fingerprint density at radius 1 is 0.308 bits per heavy atom. The van der Waals surface area contributed by atoms with Crippen molar-refractivity contribution in [3.63, 3.8) is 0 Å².